The summed E-state index contributed by atoms with van der Waals surface area (Å²) in [4.78, 5) is 23.1. The van der Waals surface area contributed by atoms with E-state index in [1.54, 1.807) is 31.2 Å². The van der Waals surface area contributed by atoms with Crippen LogP contribution < -0.4 is 10.5 Å². The third-order valence-electron chi connectivity index (χ3n) is 4.71. The van der Waals surface area contributed by atoms with Crippen molar-refractivity contribution in [3.8, 4) is 16.9 Å². The van der Waals surface area contributed by atoms with E-state index >= 15 is 0 Å². The lowest BCUT2D eigenvalue weighted by atomic mass is 9.93. The molecule has 3 rings (SSSR count). The van der Waals surface area contributed by atoms with E-state index in [0.29, 0.717) is 28.1 Å². The highest BCUT2D eigenvalue weighted by molar-refractivity contribution is 6.01. The molecule has 1 fully saturated rings. The van der Waals surface area contributed by atoms with Crippen LogP contribution in [0.1, 0.15) is 52.0 Å². The number of rotatable bonds is 5. The van der Waals surface area contributed by atoms with Gasteiger partial charge in [-0.25, -0.2) is 9.59 Å². The molecule has 2 aromatic rings. The Balaban J connectivity index is 2.15. The lowest BCUT2D eigenvalue weighted by molar-refractivity contribution is 0.0695. The molecule has 136 valence electrons. The second kappa shape index (κ2) is 7.07. The molecule has 0 amide bonds. The van der Waals surface area contributed by atoms with Gasteiger partial charge in [-0.3, -0.25) is 0 Å². The van der Waals surface area contributed by atoms with E-state index < -0.39 is 11.9 Å². The summed E-state index contributed by atoms with van der Waals surface area (Å²) in [5.74, 6) is -1.79. The number of carboxylic acids is 2. The van der Waals surface area contributed by atoms with E-state index in [2.05, 4.69) is 0 Å². The van der Waals surface area contributed by atoms with Crippen LogP contribution in [0.5, 0.6) is 5.75 Å². The first-order valence-electron chi connectivity index (χ1n) is 8.54. The number of hydrogen-bond donors (Lipinski definition) is 3. The smallest absolute Gasteiger partial charge is 0.336 e. The Bertz CT molecular complexity index is 869. The van der Waals surface area contributed by atoms with Gasteiger partial charge < -0.3 is 20.7 Å². The highest BCUT2D eigenvalue weighted by Gasteiger charge is 2.23. The van der Waals surface area contributed by atoms with Crippen LogP contribution in [0.4, 0.5) is 5.69 Å². The van der Waals surface area contributed by atoms with Gasteiger partial charge in [-0.2, -0.15) is 0 Å². The summed E-state index contributed by atoms with van der Waals surface area (Å²) in [5, 5.41) is 18.9. The third kappa shape index (κ3) is 3.49. The average molecular weight is 355 g/mol. The van der Waals surface area contributed by atoms with E-state index in [-0.39, 0.29) is 17.2 Å². The molecule has 0 atom stereocenters. The molecule has 6 heteroatoms. The molecular weight excluding hydrogens is 334 g/mol. The second-order valence-corrected chi connectivity index (χ2v) is 6.60. The Kier molecular flexibility index (Phi) is 4.84. The zero-order valence-corrected chi connectivity index (χ0v) is 14.5. The minimum absolute atomic E-state index is 0.0340. The first-order chi connectivity index (χ1) is 12.4. The number of anilines is 1. The maximum Gasteiger partial charge on any atom is 0.336 e. The van der Waals surface area contributed by atoms with Gasteiger partial charge in [0.1, 0.15) is 5.75 Å². The van der Waals surface area contributed by atoms with Gasteiger partial charge in [-0.15, -0.1) is 0 Å². The zero-order chi connectivity index (χ0) is 18.8. The first kappa shape index (κ1) is 17.8. The molecule has 2 aromatic carbocycles. The Morgan fingerprint density at radius 3 is 2.27 bits per heavy atom. The number of ether oxygens (including phenoxy) is 1. The average Bonchev–Trinajstić information content (AvgIpc) is 3.08. The summed E-state index contributed by atoms with van der Waals surface area (Å²) in [5.41, 5.74) is 7.72. The number of carbonyl (C=O) groups is 2. The van der Waals surface area contributed by atoms with Crippen molar-refractivity contribution in [2.45, 2.75) is 38.7 Å². The van der Waals surface area contributed by atoms with Crippen molar-refractivity contribution in [3.63, 3.8) is 0 Å². The second-order valence-electron chi connectivity index (χ2n) is 6.60. The summed E-state index contributed by atoms with van der Waals surface area (Å²) in [6.45, 7) is 1.64. The van der Waals surface area contributed by atoms with Crippen LogP contribution in [0.3, 0.4) is 0 Å². The van der Waals surface area contributed by atoms with E-state index in [4.69, 9.17) is 10.5 Å². The van der Waals surface area contributed by atoms with Crippen LogP contribution in [0, 0.1) is 6.92 Å². The van der Waals surface area contributed by atoms with Gasteiger partial charge in [-0.05, 0) is 68.5 Å². The van der Waals surface area contributed by atoms with Crippen LogP contribution in [-0.2, 0) is 0 Å². The molecule has 0 bridgehead atoms. The molecule has 26 heavy (non-hydrogen) atoms. The fourth-order valence-corrected chi connectivity index (χ4v) is 3.38. The minimum atomic E-state index is -1.20. The van der Waals surface area contributed by atoms with Crippen molar-refractivity contribution in [3.05, 3.63) is 47.0 Å². The molecule has 0 heterocycles. The van der Waals surface area contributed by atoms with Crippen molar-refractivity contribution in [2.75, 3.05) is 5.73 Å². The molecule has 0 spiro atoms. The van der Waals surface area contributed by atoms with Crippen LogP contribution >= 0.6 is 0 Å². The van der Waals surface area contributed by atoms with Crippen molar-refractivity contribution in [1.82, 2.24) is 0 Å². The molecule has 1 aliphatic carbocycles. The fourth-order valence-electron chi connectivity index (χ4n) is 3.38. The van der Waals surface area contributed by atoms with Crippen LogP contribution in [0.15, 0.2) is 30.3 Å². The van der Waals surface area contributed by atoms with Gasteiger partial charge in [0.25, 0.3) is 0 Å². The minimum Gasteiger partial charge on any atom is -0.490 e. The lowest BCUT2D eigenvalue weighted by Gasteiger charge is -2.19. The van der Waals surface area contributed by atoms with Crippen LogP contribution in [0.2, 0.25) is 0 Å². The van der Waals surface area contributed by atoms with Gasteiger partial charge in [0.15, 0.2) is 0 Å². The normalized spacial score (nSPS) is 14.3. The largest absolute Gasteiger partial charge is 0.490 e. The molecule has 0 aromatic heterocycles. The summed E-state index contributed by atoms with van der Waals surface area (Å²) < 4.78 is 6.10. The van der Waals surface area contributed by atoms with Crippen molar-refractivity contribution in [1.29, 1.82) is 0 Å². The SMILES string of the molecule is Cc1cc(-c2cc(N)ccc2OC2CCCC2)c(C(=O)O)cc1C(=O)O. The molecule has 4 N–H and O–H groups in total. The molecule has 0 saturated heterocycles. The van der Waals surface area contributed by atoms with Gasteiger partial charge in [0.05, 0.1) is 17.2 Å². The summed E-state index contributed by atoms with van der Waals surface area (Å²) in [6.07, 6.45) is 4.26. The predicted octanol–water partition coefficient (Wildman–Crippen LogP) is 3.96. The highest BCUT2D eigenvalue weighted by atomic mass is 16.5. The maximum atomic E-state index is 11.8. The number of carboxylic acid groups (broad SMARTS) is 2. The molecular formula is C20H21NO5. The number of nitrogens with two attached hydrogens (primary N) is 1. The van der Waals surface area contributed by atoms with E-state index in [0.717, 1.165) is 25.7 Å². The van der Waals surface area contributed by atoms with Crippen molar-refractivity contribution >= 4 is 17.6 Å². The quantitative estimate of drug-likeness (QED) is 0.700. The Morgan fingerprint density at radius 1 is 1.00 bits per heavy atom. The third-order valence-corrected chi connectivity index (χ3v) is 4.71. The van der Waals surface area contributed by atoms with Gasteiger partial charge in [-0.1, -0.05) is 0 Å². The lowest BCUT2D eigenvalue weighted by Crippen LogP contribution is -2.12. The summed E-state index contributed by atoms with van der Waals surface area (Å²) in [7, 11) is 0. The molecule has 0 unspecified atom stereocenters. The predicted molar refractivity (Wildman–Crippen MR) is 97.8 cm³/mol. The van der Waals surface area contributed by atoms with Gasteiger partial charge >= 0.3 is 11.9 Å². The molecule has 0 aliphatic heterocycles. The topological polar surface area (TPSA) is 110 Å². The Hall–Kier alpha value is -3.02. The highest BCUT2D eigenvalue weighted by Crippen LogP contribution is 2.37. The van der Waals surface area contributed by atoms with E-state index in [1.807, 2.05) is 0 Å². The number of benzene rings is 2. The molecule has 1 saturated carbocycles. The number of nitrogen functional groups attached to an aromatic ring is 1. The Labute approximate surface area is 151 Å². The number of aromatic carboxylic acids is 2. The van der Waals surface area contributed by atoms with E-state index in [9.17, 15) is 19.8 Å². The maximum absolute atomic E-state index is 11.8. The number of aryl methyl sites for hydroxylation is 1. The molecule has 6 nitrogen and oxygen atoms in total. The summed E-state index contributed by atoms with van der Waals surface area (Å²) in [6, 6.07) is 7.90. The fraction of sp³-hybridized carbons (Fsp3) is 0.300. The van der Waals surface area contributed by atoms with Crippen molar-refractivity contribution < 1.29 is 24.5 Å². The Morgan fingerprint density at radius 2 is 1.65 bits per heavy atom. The van der Waals surface area contributed by atoms with E-state index in [1.165, 1.54) is 6.07 Å². The van der Waals surface area contributed by atoms with Crippen molar-refractivity contribution in [2.24, 2.45) is 0 Å². The monoisotopic (exact) mass is 355 g/mol. The first-order valence-corrected chi connectivity index (χ1v) is 8.54. The van der Waals surface area contributed by atoms with Crippen LogP contribution in [0.25, 0.3) is 11.1 Å². The van der Waals surface area contributed by atoms with Gasteiger partial charge in [0, 0.05) is 16.8 Å². The molecule has 0 radical (unpaired) electrons. The summed E-state index contributed by atoms with van der Waals surface area (Å²) >= 11 is 0. The number of hydrogen-bond acceptors (Lipinski definition) is 4. The standard InChI is InChI=1S/C20H21NO5/c1-11-8-15(17(20(24)25)10-14(11)19(22)23)16-9-12(21)6-7-18(16)26-13-4-2-3-5-13/h6-10,13H,2-5,21H2,1H3,(H,22,23)(H,24,25). The van der Waals surface area contributed by atoms with Gasteiger partial charge in [0.2, 0.25) is 0 Å². The van der Waals surface area contributed by atoms with Crippen LogP contribution in [-0.4, -0.2) is 28.3 Å². The molecule has 1 aliphatic rings. The zero-order valence-electron chi connectivity index (χ0n) is 14.5.